The van der Waals surface area contributed by atoms with E-state index < -0.39 is 0 Å². The summed E-state index contributed by atoms with van der Waals surface area (Å²) in [6.45, 7) is 0.722. The Labute approximate surface area is 149 Å². The Hall–Kier alpha value is -2.11. The maximum Gasteiger partial charge on any atom is 0.227 e. The van der Waals surface area contributed by atoms with Gasteiger partial charge in [0.05, 0.1) is 16.0 Å². The Morgan fingerprint density at radius 3 is 2.83 bits per heavy atom. The predicted molar refractivity (Wildman–Crippen MR) is 93.0 cm³/mol. The van der Waals surface area contributed by atoms with Gasteiger partial charge in [0.2, 0.25) is 11.8 Å². The highest BCUT2D eigenvalue weighted by molar-refractivity contribution is 6.42. The fourth-order valence-electron chi connectivity index (χ4n) is 2.62. The standard InChI is InChI=1S/C17H15Cl2N3O2/c18-14-4-3-13(7-15(14)19)22-10-12(6-16(22)23)17(24)21-9-11-2-1-5-20-8-11/h1-5,7-8,12H,6,9-10H2,(H,21,24). The SMILES string of the molecule is O=C(NCc1cccnc1)C1CC(=O)N(c2ccc(Cl)c(Cl)c2)C1. The third kappa shape index (κ3) is 3.68. The zero-order chi connectivity index (χ0) is 17.1. The van der Waals surface area contributed by atoms with Crippen molar-refractivity contribution < 1.29 is 9.59 Å². The quantitative estimate of drug-likeness (QED) is 0.907. The predicted octanol–water partition coefficient (Wildman–Crippen LogP) is 3.06. The van der Waals surface area contributed by atoms with Crippen molar-refractivity contribution in [1.82, 2.24) is 10.3 Å². The second-order valence-corrected chi connectivity index (χ2v) is 6.40. The topological polar surface area (TPSA) is 62.3 Å². The van der Waals surface area contributed by atoms with Crippen molar-refractivity contribution in [3.05, 3.63) is 58.3 Å². The molecule has 0 radical (unpaired) electrons. The van der Waals surface area contributed by atoms with E-state index in [1.54, 1.807) is 35.5 Å². The molecule has 1 aromatic carbocycles. The molecule has 1 N–H and O–H groups in total. The molecule has 0 saturated carbocycles. The van der Waals surface area contributed by atoms with Gasteiger partial charge in [0.1, 0.15) is 0 Å². The molecule has 1 fully saturated rings. The molecule has 7 heteroatoms. The fraction of sp³-hybridized carbons (Fsp3) is 0.235. The lowest BCUT2D eigenvalue weighted by Gasteiger charge is -2.17. The number of rotatable bonds is 4. The Balaban J connectivity index is 1.63. The second kappa shape index (κ2) is 7.20. The number of benzene rings is 1. The molecular weight excluding hydrogens is 349 g/mol. The van der Waals surface area contributed by atoms with E-state index in [9.17, 15) is 9.59 Å². The van der Waals surface area contributed by atoms with Gasteiger partial charge in [0.15, 0.2) is 0 Å². The van der Waals surface area contributed by atoms with Crippen LogP contribution in [0.25, 0.3) is 0 Å². The van der Waals surface area contributed by atoms with Crippen molar-refractivity contribution in [3.63, 3.8) is 0 Å². The number of amides is 2. The Morgan fingerprint density at radius 1 is 1.29 bits per heavy atom. The third-order valence-corrected chi connectivity index (χ3v) is 4.64. The highest BCUT2D eigenvalue weighted by Crippen LogP contribution is 2.31. The Morgan fingerprint density at radius 2 is 2.12 bits per heavy atom. The zero-order valence-electron chi connectivity index (χ0n) is 12.7. The van der Waals surface area contributed by atoms with E-state index in [-0.39, 0.29) is 24.2 Å². The number of nitrogens with one attached hydrogen (secondary N) is 1. The first-order valence-corrected chi connectivity index (χ1v) is 8.22. The molecule has 124 valence electrons. The molecule has 0 spiro atoms. The molecule has 2 aromatic rings. The monoisotopic (exact) mass is 363 g/mol. The van der Waals surface area contributed by atoms with Crippen molar-refractivity contribution in [2.75, 3.05) is 11.4 Å². The number of hydrogen-bond donors (Lipinski definition) is 1. The maximum absolute atomic E-state index is 12.3. The van der Waals surface area contributed by atoms with Crippen LogP contribution in [0.4, 0.5) is 5.69 Å². The average Bonchev–Trinajstić information content (AvgIpc) is 2.98. The summed E-state index contributed by atoms with van der Waals surface area (Å²) in [5.41, 5.74) is 1.56. The molecule has 1 unspecified atom stereocenters. The van der Waals surface area contributed by atoms with Crippen molar-refractivity contribution in [2.45, 2.75) is 13.0 Å². The first-order chi connectivity index (χ1) is 11.5. The smallest absolute Gasteiger partial charge is 0.227 e. The van der Waals surface area contributed by atoms with Crippen molar-refractivity contribution in [2.24, 2.45) is 5.92 Å². The molecule has 24 heavy (non-hydrogen) atoms. The summed E-state index contributed by atoms with van der Waals surface area (Å²) in [6, 6.07) is 8.70. The summed E-state index contributed by atoms with van der Waals surface area (Å²) >= 11 is 11.9. The van der Waals surface area contributed by atoms with Gasteiger partial charge in [-0.3, -0.25) is 14.6 Å². The van der Waals surface area contributed by atoms with Crippen LogP contribution in [0.5, 0.6) is 0 Å². The Kier molecular flexibility index (Phi) is 5.02. The third-order valence-electron chi connectivity index (χ3n) is 3.90. The largest absolute Gasteiger partial charge is 0.352 e. The van der Waals surface area contributed by atoms with E-state index in [0.29, 0.717) is 28.8 Å². The van der Waals surface area contributed by atoms with E-state index in [1.807, 2.05) is 12.1 Å². The van der Waals surface area contributed by atoms with Gasteiger partial charge in [-0.05, 0) is 29.8 Å². The molecule has 1 aliphatic heterocycles. The molecule has 5 nitrogen and oxygen atoms in total. The van der Waals surface area contributed by atoms with Crippen LogP contribution in [0.15, 0.2) is 42.7 Å². The lowest BCUT2D eigenvalue weighted by molar-refractivity contribution is -0.126. The molecule has 1 aliphatic rings. The number of pyridine rings is 1. The van der Waals surface area contributed by atoms with Gasteiger partial charge in [-0.25, -0.2) is 0 Å². The minimum absolute atomic E-state index is 0.102. The van der Waals surface area contributed by atoms with E-state index in [1.165, 1.54) is 0 Å². The first-order valence-electron chi connectivity index (χ1n) is 7.46. The summed E-state index contributed by atoms with van der Waals surface area (Å²) < 4.78 is 0. The molecule has 2 amide bonds. The van der Waals surface area contributed by atoms with Crippen LogP contribution in [0.1, 0.15) is 12.0 Å². The molecule has 1 saturated heterocycles. The van der Waals surface area contributed by atoms with E-state index >= 15 is 0 Å². The number of anilines is 1. The van der Waals surface area contributed by atoms with E-state index in [4.69, 9.17) is 23.2 Å². The Bertz CT molecular complexity index is 768. The molecular formula is C17H15Cl2N3O2. The van der Waals surface area contributed by atoms with Crippen LogP contribution in [-0.4, -0.2) is 23.3 Å². The van der Waals surface area contributed by atoms with Gasteiger partial charge in [-0.2, -0.15) is 0 Å². The van der Waals surface area contributed by atoms with Gasteiger partial charge in [0, 0.05) is 37.6 Å². The zero-order valence-corrected chi connectivity index (χ0v) is 14.2. The number of hydrogen-bond acceptors (Lipinski definition) is 3. The molecule has 1 aromatic heterocycles. The summed E-state index contributed by atoms with van der Waals surface area (Å²) in [6.07, 6.45) is 3.55. The second-order valence-electron chi connectivity index (χ2n) is 5.58. The summed E-state index contributed by atoms with van der Waals surface area (Å²) in [4.78, 5) is 30.1. The number of aromatic nitrogens is 1. The van der Waals surface area contributed by atoms with E-state index in [0.717, 1.165) is 5.56 Å². The van der Waals surface area contributed by atoms with Gasteiger partial charge >= 0.3 is 0 Å². The summed E-state index contributed by atoms with van der Waals surface area (Å²) in [7, 11) is 0. The van der Waals surface area contributed by atoms with Crippen LogP contribution in [0, 0.1) is 5.92 Å². The average molecular weight is 364 g/mol. The first kappa shape index (κ1) is 16.7. The molecule has 2 heterocycles. The fourth-order valence-corrected chi connectivity index (χ4v) is 2.91. The molecule has 1 atom stereocenters. The number of carbonyl (C=O) groups is 2. The van der Waals surface area contributed by atoms with Crippen molar-refractivity contribution >= 4 is 40.7 Å². The lowest BCUT2D eigenvalue weighted by atomic mass is 10.1. The van der Waals surface area contributed by atoms with Crippen LogP contribution >= 0.6 is 23.2 Å². The minimum Gasteiger partial charge on any atom is -0.352 e. The highest BCUT2D eigenvalue weighted by atomic mass is 35.5. The van der Waals surface area contributed by atoms with Gasteiger partial charge in [-0.1, -0.05) is 29.3 Å². The molecule has 3 rings (SSSR count). The molecule has 0 aliphatic carbocycles. The van der Waals surface area contributed by atoms with Gasteiger partial charge in [-0.15, -0.1) is 0 Å². The van der Waals surface area contributed by atoms with Gasteiger partial charge in [0.25, 0.3) is 0 Å². The maximum atomic E-state index is 12.3. The highest BCUT2D eigenvalue weighted by Gasteiger charge is 2.35. The van der Waals surface area contributed by atoms with E-state index in [2.05, 4.69) is 10.3 Å². The summed E-state index contributed by atoms with van der Waals surface area (Å²) in [5.74, 6) is -0.631. The minimum atomic E-state index is -0.386. The van der Waals surface area contributed by atoms with Gasteiger partial charge < -0.3 is 10.2 Å². The summed E-state index contributed by atoms with van der Waals surface area (Å²) in [5, 5.41) is 3.66. The van der Waals surface area contributed by atoms with Crippen molar-refractivity contribution in [1.29, 1.82) is 0 Å². The normalized spacial score (nSPS) is 17.2. The van der Waals surface area contributed by atoms with Crippen LogP contribution in [0.3, 0.4) is 0 Å². The van der Waals surface area contributed by atoms with Crippen LogP contribution in [0.2, 0.25) is 10.0 Å². The number of halogens is 2. The lowest BCUT2D eigenvalue weighted by Crippen LogP contribution is -2.32. The van der Waals surface area contributed by atoms with Crippen molar-refractivity contribution in [3.8, 4) is 0 Å². The number of carbonyl (C=O) groups excluding carboxylic acids is 2. The molecule has 0 bridgehead atoms. The number of nitrogens with zero attached hydrogens (tertiary/aromatic N) is 2. The van der Waals surface area contributed by atoms with Crippen LogP contribution < -0.4 is 10.2 Å². The van der Waals surface area contributed by atoms with Crippen LogP contribution in [-0.2, 0) is 16.1 Å².